The van der Waals surface area contributed by atoms with Gasteiger partial charge in [0.2, 0.25) is 5.91 Å². The highest BCUT2D eigenvalue weighted by Gasteiger charge is 2.18. The van der Waals surface area contributed by atoms with Gasteiger partial charge in [0.15, 0.2) is 0 Å². The third-order valence-electron chi connectivity index (χ3n) is 2.33. The second-order valence-electron chi connectivity index (χ2n) is 4.58. The molecule has 2 atom stereocenters. The standard InChI is InChI=1S/C12H21N3OS/c1-7(2)14-11(16)9(4)15-10(5)12-13-6-8(3)17-12/h6-7,9-10,15H,1-5H3,(H,14,16). The molecule has 4 nitrogen and oxygen atoms in total. The second-order valence-corrected chi connectivity index (χ2v) is 5.85. The fraction of sp³-hybridized carbons (Fsp3) is 0.667. The molecule has 0 aliphatic rings. The number of aryl methyl sites for hydroxylation is 1. The van der Waals surface area contributed by atoms with E-state index < -0.39 is 0 Å². The summed E-state index contributed by atoms with van der Waals surface area (Å²) in [4.78, 5) is 17.2. The number of nitrogens with zero attached hydrogens (tertiary/aromatic N) is 1. The molecule has 1 rings (SSSR count). The van der Waals surface area contributed by atoms with E-state index in [2.05, 4.69) is 15.6 Å². The maximum absolute atomic E-state index is 11.7. The summed E-state index contributed by atoms with van der Waals surface area (Å²) in [7, 11) is 0. The van der Waals surface area contributed by atoms with Gasteiger partial charge in [-0.15, -0.1) is 11.3 Å². The van der Waals surface area contributed by atoms with Gasteiger partial charge in [0, 0.05) is 17.1 Å². The van der Waals surface area contributed by atoms with Crippen LogP contribution in [0.5, 0.6) is 0 Å². The van der Waals surface area contributed by atoms with Crippen molar-refractivity contribution >= 4 is 17.2 Å². The van der Waals surface area contributed by atoms with Gasteiger partial charge in [-0.05, 0) is 34.6 Å². The number of aromatic nitrogens is 1. The summed E-state index contributed by atoms with van der Waals surface area (Å²) >= 11 is 1.66. The van der Waals surface area contributed by atoms with E-state index in [4.69, 9.17) is 0 Å². The predicted molar refractivity (Wildman–Crippen MR) is 71.1 cm³/mol. The Kier molecular flexibility index (Phi) is 5.08. The summed E-state index contributed by atoms with van der Waals surface area (Å²) < 4.78 is 0. The molecule has 0 saturated carbocycles. The second kappa shape index (κ2) is 6.12. The number of carbonyl (C=O) groups is 1. The largest absolute Gasteiger partial charge is 0.353 e. The van der Waals surface area contributed by atoms with Crippen LogP contribution in [0.15, 0.2) is 6.20 Å². The zero-order valence-electron chi connectivity index (χ0n) is 11.1. The maximum atomic E-state index is 11.7. The Bertz CT molecular complexity index is 376. The van der Waals surface area contributed by atoms with Crippen LogP contribution in [0.4, 0.5) is 0 Å². The minimum absolute atomic E-state index is 0.0279. The van der Waals surface area contributed by atoms with Crippen LogP contribution in [0.1, 0.15) is 43.6 Å². The fourth-order valence-corrected chi connectivity index (χ4v) is 2.29. The van der Waals surface area contributed by atoms with Gasteiger partial charge in [0.25, 0.3) is 0 Å². The minimum atomic E-state index is -0.211. The molecule has 0 aliphatic heterocycles. The van der Waals surface area contributed by atoms with Crippen LogP contribution in [0.25, 0.3) is 0 Å². The van der Waals surface area contributed by atoms with Crippen LogP contribution in [-0.2, 0) is 4.79 Å². The van der Waals surface area contributed by atoms with E-state index in [9.17, 15) is 4.79 Å². The molecule has 0 fully saturated rings. The van der Waals surface area contributed by atoms with Crippen molar-refractivity contribution in [3.8, 4) is 0 Å². The fourth-order valence-electron chi connectivity index (χ4n) is 1.50. The van der Waals surface area contributed by atoms with Crippen LogP contribution in [0, 0.1) is 6.92 Å². The lowest BCUT2D eigenvalue weighted by Gasteiger charge is -2.19. The Morgan fingerprint density at radius 2 is 2.00 bits per heavy atom. The molecule has 0 bridgehead atoms. The molecule has 17 heavy (non-hydrogen) atoms. The average molecular weight is 255 g/mol. The number of nitrogens with one attached hydrogen (secondary N) is 2. The summed E-state index contributed by atoms with van der Waals surface area (Å²) in [5.41, 5.74) is 0. The Morgan fingerprint density at radius 1 is 1.35 bits per heavy atom. The molecule has 2 N–H and O–H groups in total. The highest BCUT2D eigenvalue weighted by Crippen LogP contribution is 2.19. The topological polar surface area (TPSA) is 54.0 Å². The lowest BCUT2D eigenvalue weighted by Crippen LogP contribution is -2.45. The van der Waals surface area contributed by atoms with Crippen LogP contribution < -0.4 is 10.6 Å². The van der Waals surface area contributed by atoms with Crippen LogP contribution in [0.2, 0.25) is 0 Å². The average Bonchev–Trinajstić information content (AvgIpc) is 2.63. The molecule has 0 saturated heterocycles. The van der Waals surface area contributed by atoms with Crippen molar-refractivity contribution in [1.82, 2.24) is 15.6 Å². The quantitative estimate of drug-likeness (QED) is 0.846. The first-order valence-electron chi connectivity index (χ1n) is 5.89. The van der Waals surface area contributed by atoms with Crippen molar-refractivity contribution in [2.45, 2.75) is 52.7 Å². The number of thiazole rings is 1. The lowest BCUT2D eigenvalue weighted by molar-refractivity contribution is -0.123. The van der Waals surface area contributed by atoms with Crippen LogP contribution in [0.3, 0.4) is 0 Å². The number of hydrogen-bond donors (Lipinski definition) is 2. The highest BCUT2D eigenvalue weighted by molar-refractivity contribution is 7.11. The van der Waals surface area contributed by atoms with Crippen molar-refractivity contribution in [1.29, 1.82) is 0 Å². The molecule has 1 heterocycles. The van der Waals surface area contributed by atoms with E-state index in [1.165, 1.54) is 4.88 Å². The normalized spacial score (nSPS) is 14.7. The van der Waals surface area contributed by atoms with Crippen LogP contribution in [-0.4, -0.2) is 23.0 Å². The number of hydrogen-bond acceptors (Lipinski definition) is 4. The zero-order valence-corrected chi connectivity index (χ0v) is 11.9. The molecule has 2 unspecified atom stereocenters. The van der Waals surface area contributed by atoms with E-state index in [1.807, 2.05) is 40.8 Å². The van der Waals surface area contributed by atoms with E-state index in [1.54, 1.807) is 11.3 Å². The summed E-state index contributed by atoms with van der Waals surface area (Å²) in [6.45, 7) is 9.84. The predicted octanol–water partition coefficient (Wildman–Crippen LogP) is 2.02. The van der Waals surface area contributed by atoms with Crippen molar-refractivity contribution < 1.29 is 4.79 Å². The monoisotopic (exact) mass is 255 g/mol. The van der Waals surface area contributed by atoms with Crippen molar-refractivity contribution in [2.24, 2.45) is 0 Å². The summed E-state index contributed by atoms with van der Waals surface area (Å²) in [6.07, 6.45) is 1.86. The molecule has 1 aromatic rings. The third-order valence-corrected chi connectivity index (χ3v) is 3.43. The number of amides is 1. The highest BCUT2D eigenvalue weighted by atomic mass is 32.1. The van der Waals surface area contributed by atoms with Crippen LogP contribution >= 0.6 is 11.3 Å². The van der Waals surface area contributed by atoms with E-state index in [-0.39, 0.29) is 24.0 Å². The SMILES string of the molecule is Cc1cnc(C(C)NC(C)C(=O)NC(C)C)s1. The smallest absolute Gasteiger partial charge is 0.237 e. The molecule has 5 heteroatoms. The van der Waals surface area contributed by atoms with E-state index >= 15 is 0 Å². The molecule has 0 aliphatic carbocycles. The van der Waals surface area contributed by atoms with Crippen molar-refractivity contribution in [3.63, 3.8) is 0 Å². The first kappa shape index (κ1) is 14.1. The van der Waals surface area contributed by atoms with Gasteiger partial charge in [-0.3, -0.25) is 10.1 Å². The van der Waals surface area contributed by atoms with E-state index in [0.29, 0.717) is 0 Å². The first-order valence-corrected chi connectivity index (χ1v) is 6.70. The molecular formula is C12H21N3OS. The maximum Gasteiger partial charge on any atom is 0.237 e. The lowest BCUT2D eigenvalue weighted by atomic mass is 10.2. The van der Waals surface area contributed by atoms with Gasteiger partial charge < -0.3 is 5.32 Å². The summed E-state index contributed by atoms with van der Waals surface area (Å²) in [5.74, 6) is 0.0279. The molecular weight excluding hydrogens is 234 g/mol. The molecule has 96 valence electrons. The molecule has 1 amide bonds. The Hall–Kier alpha value is -0.940. The molecule has 0 spiro atoms. The Labute approximate surface area is 107 Å². The van der Waals surface area contributed by atoms with Crippen molar-refractivity contribution in [2.75, 3.05) is 0 Å². The van der Waals surface area contributed by atoms with Gasteiger partial charge in [-0.2, -0.15) is 0 Å². The summed E-state index contributed by atoms with van der Waals surface area (Å²) in [6, 6.07) is 0.0578. The Morgan fingerprint density at radius 3 is 2.47 bits per heavy atom. The summed E-state index contributed by atoms with van der Waals surface area (Å²) in [5, 5.41) is 7.16. The molecule has 0 radical (unpaired) electrons. The van der Waals surface area contributed by atoms with Gasteiger partial charge in [0.05, 0.1) is 12.1 Å². The third kappa shape index (κ3) is 4.44. The number of carbonyl (C=O) groups excluding carboxylic acids is 1. The van der Waals surface area contributed by atoms with Gasteiger partial charge >= 0.3 is 0 Å². The van der Waals surface area contributed by atoms with E-state index in [0.717, 1.165) is 5.01 Å². The Balaban J connectivity index is 2.51. The molecule has 0 aromatic carbocycles. The zero-order chi connectivity index (χ0) is 13.0. The van der Waals surface area contributed by atoms with Gasteiger partial charge in [0.1, 0.15) is 5.01 Å². The number of rotatable bonds is 5. The molecule has 1 aromatic heterocycles. The van der Waals surface area contributed by atoms with Crippen molar-refractivity contribution in [3.05, 3.63) is 16.1 Å². The first-order chi connectivity index (χ1) is 7.90. The van der Waals surface area contributed by atoms with Gasteiger partial charge in [-0.1, -0.05) is 0 Å². The minimum Gasteiger partial charge on any atom is -0.353 e. The van der Waals surface area contributed by atoms with Gasteiger partial charge in [-0.25, -0.2) is 4.98 Å².